The third-order valence-electron chi connectivity index (χ3n) is 4.21. The number of nitrogens with two attached hydrogens (primary N) is 1. The Labute approximate surface area is 163 Å². The van der Waals surface area contributed by atoms with Crippen LogP contribution in [0.3, 0.4) is 0 Å². The van der Waals surface area contributed by atoms with Crippen LogP contribution in [-0.2, 0) is 6.18 Å². The molecule has 1 aliphatic heterocycles. The zero-order valence-corrected chi connectivity index (χ0v) is 15.7. The van der Waals surface area contributed by atoms with E-state index in [-0.39, 0.29) is 42.4 Å². The number of likely N-dealkylation sites (tertiary alicyclic amines) is 1. The quantitative estimate of drug-likeness (QED) is 0.254. The van der Waals surface area contributed by atoms with E-state index in [1.54, 1.807) is 0 Å². The van der Waals surface area contributed by atoms with Gasteiger partial charge >= 0.3 is 12.2 Å². The van der Waals surface area contributed by atoms with Crippen molar-refractivity contribution in [2.24, 2.45) is 16.6 Å². The van der Waals surface area contributed by atoms with Gasteiger partial charge in [0.2, 0.25) is 5.11 Å². The molecule has 0 bridgehead atoms. The highest BCUT2D eigenvalue weighted by molar-refractivity contribution is 7.80. The monoisotopic (exact) mass is 418 g/mol. The van der Waals surface area contributed by atoms with Crippen molar-refractivity contribution in [2.45, 2.75) is 25.9 Å². The van der Waals surface area contributed by atoms with Gasteiger partial charge in [0.1, 0.15) is 5.82 Å². The first-order valence-corrected chi connectivity index (χ1v) is 8.71. The number of alkyl halides is 3. The molecule has 11 heteroatoms. The van der Waals surface area contributed by atoms with Crippen molar-refractivity contribution in [1.82, 2.24) is 10.2 Å². The van der Waals surface area contributed by atoms with Gasteiger partial charge in [-0.05, 0) is 50.2 Å². The summed E-state index contributed by atoms with van der Waals surface area (Å²) in [6.45, 7) is 1.92. The number of rotatable bonds is 2. The van der Waals surface area contributed by atoms with Crippen molar-refractivity contribution in [3.63, 3.8) is 0 Å². The molecule has 0 radical (unpaired) electrons. The lowest BCUT2D eigenvalue weighted by atomic mass is 9.88. The van der Waals surface area contributed by atoms with Gasteiger partial charge in [-0.3, -0.25) is 10.1 Å². The van der Waals surface area contributed by atoms with Gasteiger partial charge in [-0.25, -0.2) is 14.2 Å². The van der Waals surface area contributed by atoms with Crippen LogP contribution in [-0.4, -0.2) is 40.8 Å². The second-order valence-corrected chi connectivity index (χ2v) is 6.69. The Balaban J connectivity index is 1.98. The molecule has 28 heavy (non-hydrogen) atoms. The number of amidine groups is 1. The number of thiocarbonyl (C=S) groups is 1. The van der Waals surface area contributed by atoms with Gasteiger partial charge in [0.15, 0.2) is 5.78 Å². The van der Waals surface area contributed by atoms with Crippen LogP contribution in [0.1, 0.15) is 35.7 Å². The first kappa shape index (κ1) is 21.7. The van der Waals surface area contributed by atoms with Crippen molar-refractivity contribution < 1.29 is 27.2 Å². The van der Waals surface area contributed by atoms with E-state index in [1.165, 1.54) is 11.8 Å². The molecule has 0 unspecified atom stereocenters. The highest BCUT2D eigenvalue weighted by Crippen LogP contribution is 2.31. The van der Waals surface area contributed by atoms with E-state index >= 15 is 0 Å². The van der Waals surface area contributed by atoms with Crippen LogP contribution in [0.5, 0.6) is 0 Å². The second kappa shape index (κ2) is 8.63. The maximum absolute atomic E-state index is 14.0. The van der Waals surface area contributed by atoms with Crippen molar-refractivity contribution in [3.8, 4) is 0 Å². The number of Topliss-reactive ketones (excluding diaryl/α,β-unsaturated/α-hetero) is 1. The molecule has 0 aromatic heterocycles. The van der Waals surface area contributed by atoms with Crippen LogP contribution in [0.25, 0.3) is 0 Å². The highest BCUT2D eigenvalue weighted by atomic mass is 32.1. The summed E-state index contributed by atoms with van der Waals surface area (Å²) in [5, 5.41) is 2.30. The summed E-state index contributed by atoms with van der Waals surface area (Å²) in [5.41, 5.74) is 3.83. The number of hydrogen-bond donors (Lipinski definition) is 2. The number of benzene rings is 1. The number of carbonyl (C=O) groups excluding carboxylic acids is 2. The van der Waals surface area contributed by atoms with Crippen LogP contribution >= 0.6 is 12.2 Å². The zero-order valence-electron chi connectivity index (χ0n) is 14.8. The molecule has 1 heterocycles. The van der Waals surface area contributed by atoms with Crippen molar-refractivity contribution in [2.75, 3.05) is 13.1 Å². The maximum Gasteiger partial charge on any atom is 0.416 e. The van der Waals surface area contributed by atoms with Gasteiger partial charge in [0.25, 0.3) is 0 Å². The molecule has 0 spiro atoms. The normalized spacial score (nSPS) is 16.0. The molecule has 1 aromatic rings. The molecule has 3 N–H and O–H groups in total. The standard InChI is InChI=1S/C17H18F4N4O2S/c1-9(22)23-15(28)24-16(27)25-6-4-10(5-7-25)14(26)12-3-2-11(8-13(12)18)17(19,20)21/h2-3,8,10H,4-7H2,1H3,(H3,22,23,24,27,28). The molecule has 1 saturated heterocycles. The van der Waals surface area contributed by atoms with Gasteiger partial charge in [-0.1, -0.05) is 0 Å². The topological polar surface area (TPSA) is 87.8 Å². The first-order chi connectivity index (χ1) is 13.0. The number of urea groups is 1. The average Bonchev–Trinajstić information content (AvgIpc) is 2.59. The summed E-state index contributed by atoms with van der Waals surface area (Å²) in [5.74, 6) is -2.19. The largest absolute Gasteiger partial charge is 0.416 e. The fourth-order valence-corrected chi connectivity index (χ4v) is 3.05. The van der Waals surface area contributed by atoms with E-state index in [9.17, 15) is 27.2 Å². The molecule has 0 aliphatic carbocycles. The summed E-state index contributed by atoms with van der Waals surface area (Å²) in [4.78, 5) is 29.7. The molecule has 1 aromatic carbocycles. The van der Waals surface area contributed by atoms with Gasteiger partial charge in [-0.15, -0.1) is 0 Å². The Bertz CT molecular complexity index is 814. The predicted octanol–water partition coefficient (Wildman–Crippen LogP) is 3.11. The smallest absolute Gasteiger partial charge is 0.387 e. The summed E-state index contributed by atoms with van der Waals surface area (Å²) in [6, 6.07) is 1.35. The minimum Gasteiger partial charge on any atom is -0.387 e. The molecule has 2 rings (SSSR count). The Kier molecular flexibility index (Phi) is 6.70. The molecular formula is C17H18F4N4O2S. The zero-order chi connectivity index (χ0) is 21.1. The predicted molar refractivity (Wildman–Crippen MR) is 98.5 cm³/mol. The van der Waals surface area contributed by atoms with Crippen LogP contribution in [0.2, 0.25) is 0 Å². The molecule has 1 fully saturated rings. The fourth-order valence-electron chi connectivity index (χ4n) is 2.81. The van der Waals surface area contributed by atoms with Crippen molar-refractivity contribution in [3.05, 3.63) is 35.1 Å². The minimum absolute atomic E-state index is 0.0879. The molecule has 1 aliphatic rings. The lowest BCUT2D eigenvalue weighted by Crippen LogP contribution is -2.46. The number of nitrogens with zero attached hydrogens (tertiary/aromatic N) is 2. The third-order valence-corrected chi connectivity index (χ3v) is 4.40. The number of amides is 2. The van der Waals surface area contributed by atoms with E-state index in [0.29, 0.717) is 12.1 Å². The number of aliphatic imine (C=N–C) groups is 1. The Hall–Kier alpha value is -2.56. The first-order valence-electron chi connectivity index (χ1n) is 8.30. The van der Waals surface area contributed by atoms with Gasteiger partial charge in [0.05, 0.1) is 17.0 Å². The molecular weight excluding hydrogens is 400 g/mol. The number of piperidine rings is 1. The summed E-state index contributed by atoms with van der Waals surface area (Å²) in [6.07, 6.45) is -4.19. The van der Waals surface area contributed by atoms with Gasteiger partial charge in [0, 0.05) is 19.0 Å². The van der Waals surface area contributed by atoms with Crippen molar-refractivity contribution >= 4 is 35.0 Å². The molecule has 0 saturated carbocycles. The van der Waals surface area contributed by atoms with E-state index in [2.05, 4.69) is 10.3 Å². The van der Waals surface area contributed by atoms with E-state index in [1.807, 2.05) is 0 Å². The number of hydrogen-bond acceptors (Lipinski definition) is 3. The Morgan fingerprint density at radius 2 is 1.89 bits per heavy atom. The Morgan fingerprint density at radius 1 is 1.29 bits per heavy atom. The summed E-state index contributed by atoms with van der Waals surface area (Å²) < 4.78 is 51.9. The van der Waals surface area contributed by atoms with Crippen LogP contribution in [0.4, 0.5) is 22.4 Å². The molecule has 6 nitrogen and oxygen atoms in total. The Morgan fingerprint density at radius 3 is 2.39 bits per heavy atom. The van der Waals surface area contributed by atoms with E-state index in [4.69, 9.17) is 18.0 Å². The fraction of sp³-hybridized carbons (Fsp3) is 0.412. The lowest BCUT2D eigenvalue weighted by Gasteiger charge is -2.31. The summed E-state index contributed by atoms with van der Waals surface area (Å²) in [7, 11) is 0. The van der Waals surface area contributed by atoms with Crippen LogP contribution < -0.4 is 11.1 Å². The molecule has 152 valence electrons. The molecule has 0 atom stereocenters. The average molecular weight is 418 g/mol. The SMILES string of the molecule is C/C(N)=N/C(=S)NC(=O)N1CCC(C(=O)c2ccc(C(F)(F)F)cc2F)CC1. The van der Waals surface area contributed by atoms with E-state index in [0.717, 1.165) is 6.07 Å². The summed E-state index contributed by atoms with van der Waals surface area (Å²) >= 11 is 4.85. The second-order valence-electron chi connectivity index (χ2n) is 6.31. The highest BCUT2D eigenvalue weighted by Gasteiger charge is 2.33. The lowest BCUT2D eigenvalue weighted by molar-refractivity contribution is -0.137. The van der Waals surface area contributed by atoms with Gasteiger partial charge in [-0.2, -0.15) is 13.2 Å². The number of nitrogens with one attached hydrogen (secondary N) is 1. The minimum atomic E-state index is -4.69. The number of ketones is 1. The molecule has 2 amide bonds. The number of halogens is 4. The maximum atomic E-state index is 14.0. The van der Waals surface area contributed by atoms with Crippen LogP contribution in [0.15, 0.2) is 23.2 Å². The van der Waals surface area contributed by atoms with Crippen molar-refractivity contribution in [1.29, 1.82) is 0 Å². The van der Waals surface area contributed by atoms with Gasteiger partial charge < -0.3 is 10.6 Å². The third kappa shape index (κ3) is 5.47. The van der Waals surface area contributed by atoms with Crippen LogP contribution in [0, 0.1) is 11.7 Å². The van der Waals surface area contributed by atoms with E-state index < -0.39 is 35.3 Å². The number of carbonyl (C=O) groups is 2.